The summed E-state index contributed by atoms with van der Waals surface area (Å²) in [5.41, 5.74) is 0. The molecule has 0 spiro atoms. The van der Waals surface area contributed by atoms with Gasteiger partial charge in [0.1, 0.15) is 0 Å². The summed E-state index contributed by atoms with van der Waals surface area (Å²) in [5.74, 6) is 1.31. The van der Waals surface area contributed by atoms with Gasteiger partial charge >= 0.3 is 0 Å². The van der Waals surface area contributed by atoms with E-state index in [4.69, 9.17) is 0 Å². The summed E-state index contributed by atoms with van der Waals surface area (Å²) in [5, 5.41) is 3.70. The molecule has 2 rings (SSSR count). The van der Waals surface area contributed by atoms with E-state index in [1.165, 1.54) is 0 Å². The lowest BCUT2D eigenvalue weighted by Crippen LogP contribution is -2.25. The standard InChI is InChI=1S/C14H19N5S/c1-4-19(5-2)13-16-12(15-3)17-14(18-13)20-11-9-7-6-8-10-11/h6-10H,4-5H2,1-3H3,(H,15,16,17,18). The predicted octanol–water partition coefficient (Wildman–Crippen LogP) is 2.91. The minimum absolute atomic E-state index is 0.598. The number of rotatable bonds is 6. The maximum absolute atomic E-state index is 4.55. The van der Waals surface area contributed by atoms with Gasteiger partial charge in [-0.2, -0.15) is 15.0 Å². The Morgan fingerprint density at radius 1 is 1.05 bits per heavy atom. The fourth-order valence-corrected chi connectivity index (χ4v) is 2.51. The first-order chi connectivity index (χ1) is 9.76. The van der Waals surface area contributed by atoms with Crippen molar-refractivity contribution >= 4 is 23.7 Å². The van der Waals surface area contributed by atoms with Crippen LogP contribution in [0.3, 0.4) is 0 Å². The molecule has 20 heavy (non-hydrogen) atoms. The highest BCUT2D eigenvalue weighted by atomic mass is 32.2. The predicted molar refractivity (Wildman–Crippen MR) is 83.5 cm³/mol. The number of nitrogens with zero attached hydrogens (tertiary/aromatic N) is 4. The molecule has 0 aliphatic rings. The van der Waals surface area contributed by atoms with Gasteiger partial charge in [0.05, 0.1) is 0 Å². The Labute approximate surface area is 123 Å². The van der Waals surface area contributed by atoms with Crippen LogP contribution in [-0.4, -0.2) is 35.1 Å². The lowest BCUT2D eigenvalue weighted by atomic mass is 10.4. The molecule has 1 heterocycles. The number of benzene rings is 1. The van der Waals surface area contributed by atoms with Crippen LogP contribution in [0, 0.1) is 0 Å². The third kappa shape index (κ3) is 3.60. The number of hydrogen-bond acceptors (Lipinski definition) is 6. The highest BCUT2D eigenvalue weighted by molar-refractivity contribution is 7.99. The molecule has 5 nitrogen and oxygen atoms in total. The molecular weight excluding hydrogens is 270 g/mol. The number of hydrogen-bond donors (Lipinski definition) is 1. The van der Waals surface area contributed by atoms with E-state index in [9.17, 15) is 0 Å². The summed E-state index contributed by atoms with van der Waals surface area (Å²) in [6, 6.07) is 10.1. The average molecular weight is 289 g/mol. The smallest absolute Gasteiger partial charge is 0.231 e. The van der Waals surface area contributed by atoms with Crippen molar-refractivity contribution < 1.29 is 0 Å². The first-order valence-corrected chi connectivity index (χ1v) is 7.50. The van der Waals surface area contributed by atoms with Crippen molar-refractivity contribution in [1.82, 2.24) is 15.0 Å². The molecule has 0 aliphatic carbocycles. The van der Waals surface area contributed by atoms with E-state index >= 15 is 0 Å². The van der Waals surface area contributed by atoms with Gasteiger partial charge in [-0.25, -0.2) is 0 Å². The number of aromatic nitrogens is 3. The lowest BCUT2D eigenvalue weighted by Gasteiger charge is -2.19. The molecule has 6 heteroatoms. The molecule has 106 valence electrons. The molecule has 0 unspecified atom stereocenters. The van der Waals surface area contributed by atoms with E-state index in [1.54, 1.807) is 11.8 Å². The van der Waals surface area contributed by atoms with E-state index in [2.05, 4.69) is 39.0 Å². The van der Waals surface area contributed by atoms with Crippen LogP contribution in [0.5, 0.6) is 0 Å². The van der Waals surface area contributed by atoms with E-state index in [1.807, 2.05) is 37.4 Å². The third-order valence-corrected chi connectivity index (χ3v) is 3.70. The second kappa shape index (κ2) is 7.09. The van der Waals surface area contributed by atoms with Crippen LogP contribution >= 0.6 is 11.8 Å². The van der Waals surface area contributed by atoms with E-state index < -0.39 is 0 Å². The quantitative estimate of drug-likeness (QED) is 0.882. The largest absolute Gasteiger partial charge is 0.357 e. The molecule has 2 aromatic rings. The summed E-state index contributed by atoms with van der Waals surface area (Å²) in [7, 11) is 1.82. The Kier molecular flexibility index (Phi) is 5.17. The van der Waals surface area contributed by atoms with Gasteiger partial charge in [0.25, 0.3) is 0 Å². The van der Waals surface area contributed by atoms with Gasteiger partial charge in [-0.05, 0) is 37.7 Å². The van der Waals surface area contributed by atoms with Crippen molar-refractivity contribution in [3.63, 3.8) is 0 Å². The molecule has 0 radical (unpaired) electrons. The van der Waals surface area contributed by atoms with Crippen LogP contribution in [-0.2, 0) is 0 Å². The summed E-state index contributed by atoms with van der Waals surface area (Å²) < 4.78 is 0. The molecule has 0 fully saturated rings. The van der Waals surface area contributed by atoms with E-state index in [-0.39, 0.29) is 0 Å². The van der Waals surface area contributed by atoms with Crippen LogP contribution in [0.1, 0.15) is 13.8 Å². The van der Waals surface area contributed by atoms with Gasteiger partial charge in [-0.1, -0.05) is 18.2 Å². The molecule has 1 aromatic carbocycles. The molecule has 0 saturated carbocycles. The zero-order valence-corrected chi connectivity index (χ0v) is 12.8. The van der Waals surface area contributed by atoms with E-state index in [0.717, 1.165) is 18.0 Å². The summed E-state index contributed by atoms with van der Waals surface area (Å²) in [6.45, 7) is 5.94. The Hall–Kier alpha value is -1.82. The summed E-state index contributed by atoms with van der Waals surface area (Å²) in [4.78, 5) is 16.6. The van der Waals surface area contributed by atoms with Crippen molar-refractivity contribution in [1.29, 1.82) is 0 Å². The highest BCUT2D eigenvalue weighted by Crippen LogP contribution is 2.26. The van der Waals surface area contributed by atoms with Crippen LogP contribution < -0.4 is 10.2 Å². The van der Waals surface area contributed by atoms with Gasteiger partial charge < -0.3 is 10.2 Å². The van der Waals surface area contributed by atoms with Gasteiger partial charge in [-0.15, -0.1) is 0 Å². The maximum Gasteiger partial charge on any atom is 0.231 e. The van der Waals surface area contributed by atoms with Gasteiger partial charge in [-0.3, -0.25) is 0 Å². The first-order valence-electron chi connectivity index (χ1n) is 6.68. The van der Waals surface area contributed by atoms with Crippen LogP contribution in [0.25, 0.3) is 0 Å². The first kappa shape index (κ1) is 14.6. The molecule has 0 atom stereocenters. The minimum atomic E-state index is 0.598. The van der Waals surface area contributed by atoms with Crippen LogP contribution in [0.15, 0.2) is 40.4 Å². The van der Waals surface area contributed by atoms with Gasteiger partial charge in [0.15, 0.2) is 5.16 Å². The summed E-state index contributed by atoms with van der Waals surface area (Å²) in [6.07, 6.45) is 0. The highest BCUT2D eigenvalue weighted by Gasteiger charge is 2.11. The Bertz CT molecular complexity index is 543. The zero-order chi connectivity index (χ0) is 14.4. The molecular formula is C14H19N5S. The average Bonchev–Trinajstić information content (AvgIpc) is 2.49. The maximum atomic E-state index is 4.55. The van der Waals surface area contributed by atoms with Crippen molar-refractivity contribution in [2.45, 2.75) is 23.9 Å². The van der Waals surface area contributed by atoms with Crippen LogP contribution in [0.4, 0.5) is 11.9 Å². The topological polar surface area (TPSA) is 53.9 Å². The van der Waals surface area contributed by atoms with Crippen molar-refractivity contribution in [3.8, 4) is 0 Å². The lowest BCUT2D eigenvalue weighted by molar-refractivity contribution is 0.785. The second-order valence-corrected chi connectivity index (χ2v) is 5.12. The molecule has 0 amide bonds. The van der Waals surface area contributed by atoms with E-state index in [0.29, 0.717) is 17.1 Å². The normalized spacial score (nSPS) is 10.3. The zero-order valence-electron chi connectivity index (χ0n) is 12.0. The molecule has 0 aliphatic heterocycles. The molecule has 1 N–H and O–H groups in total. The van der Waals surface area contributed by atoms with Crippen molar-refractivity contribution in [2.75, 3.05) is 30.4 Å². The summed E-state index contributed by atoms with van der Waals surface area (Å²) >= 11 is 1.54. The van der Waals surface area contributed by atoms with Gasteiger partial charge in [0, 0.05) is 25.0 Å². The molecule has 0 bridgehead atoms. The fraction of sp³-hybridized carbons (Fsp3) is 0.357. The number of anilines is 2. The monoisotopic (exact) mass is 289 g/mol. The molecule has 0 saturated heterocycles. The Morgan fingerprint density at radius 2 is 1.75 bits per heavy atom. The number of nitrogens with one attached hydrogen (secondary N) is 1. The SMILES string of the molecule is CCN(CC)c1nc(NC)nc(Sc2ccccc2)n1. The van der Waals surface area contributed by atoms with Crippen molar-refractivity contribution in [3.05, 3.63) is 30.3 Å². The van der Waals surface area contributed by atoms with Crippen molar-refractivity contribution in [2.24, 2.45) is 0 Å². The minimum Gasteiger partial charge on any atom is -0.357 e. The Morgan fingerprint density at radius 3 is 2.35 bits per heavy atom. The Balaban J connectivity index is 2.30. The van der Waals surface area contributed by atoms with Gasteiger partial charge in [0.2, 0.25) is 11.9 Å². The fourth-order valence-electron chi connectivity index (χ4n) is 1.75. The second-order valence-electron chi connectivity index (χ2n) is 4.08. The third-order valence-electron chi connectivity index (χ3n) is 2.83. The van der Waals surface area contributed by atoms with Crippen LogP contribution in [0.2, 0.25) is 0 Å². The molecule has 1 aromatic heterocycles.